The van der Waals surface area contributed by atoms with Gasteiger partial charge in [0, 0.05) is 18.8 Å². The minimum Gasteiger partial charge on any atom is -0.481 e. The Morgan fingerprint density at radius 2 is 1.89 bits per heavy atom. The molecule has 1 aromatic rings. The number of nitrogens with one attached hydrogen (secondary N) is 1. The van der Waals surface area contributed by atoms with E-state index in [1.54, 1.807) is 31.2 Å². The summed E-state index contributed by atoms with van der Waals surface area (Å²) in [6.45, 7) is 2.30. The number of carboxylic acid groups (broad SMARTS) is 1. The van der Waals surface area contributed by atoms with Gasteiger partial charge in [-0.25, -0.2) is 8.42 Å². The molecule has 0 aromatic heterocycles. The van der Waals surface area contributed by atoms with Gasteiger partial charge in [0.15, 0.2) is 9.84 Å². The van der Waals surface area contributed by atoms with Crippen LogP contribution in [0.4, 0.5) is 0 Å². The van der Waals surface area contributed by atoms with Crippen LogP contribution < -0.4 is 5.32 Å². The predicted octanol–water partition coefficient (Wildman–Crippen LogP) is 1.04. The van der Waals surface area contributed by atoms with E-state index in [0.29, 0.717) is 6.54 Å². The van der Waals surface area contributed by atoms with Gasteiger partial charge in [-0.15, -0.1) is 0 Å². The van der Waals surface area contributed by atoms with Gasteiger partial charge in [0.2, 0.25) is 0 Å². The van der Waals surface area contributed by atoms with E-state index in [-0.39, 0.29) is 17.4 Å². The van der Waals surface area contributed by atoms with Crippen molar-refractivity contribution >= 4 is 15.8 Å². The van der Waals surface area contributed by atoms with Crippen molar-refractivity contribution in [3.63, 3.8) is 0 Å². The van der Waals surface area contributed by atoms with Crippen molar-refractivity contribution in [3.05, 3.63) is 29.8 Å². The minimum absolute atomic E-state index is 0.0570. The second kappa shape index (κ2) is 5.97. The molecule has 0 fully saturated rings. The molecule has 0 amide bonds. The Morgan fingerprint density at radius 1 is 1.33 bits per heavy atom. The fourth-order valence-electron chi connectivity index (χ4n) is 1.48. The summed E-state index contributed by atoms with van der Waals surface area (Å²) in [7, 11) is -3.16. The Kier molecular flexibility index (Phi) is 4.86. The quantitative estimate of drug-likeness (QED) is 0.807. The van der Waals surface area contributed by atoms with Crippen LogP contribution in [0.15, 0.2) is 29.2 Å². The first-order valence-corrected chi connectivity index (χ1v) is 7.42. The highest BCUT2D eigenvalue weighted by atomic mass is 32.2. The highest BCUT2D eigenvalue weighted by Gasteiger charge is 2.08. The number of sulfone groups is 1. The molecular weight excluding hydrogens is 254 g/mol. The zero-order valence-electron chi connectivity index (χ0n) is 10.4. The lowest BCUT2D eigenvalue weighted by Crippen LogP contribution is -2.27. The third-order valence-electron chi connectivity index (χ3n) is 2.49. The van der Waals surface area contributed by atoms with Crippen molar-refractivity contribution in [2.75, 3.05) is 6.26 Å². The molecule has 18 heavy (non-hydrogen) atoms. The Hall–Kier alpha value is -1.40. The second-order valence-electron chi connectivity index (χ2n) is 4.30. The Morgan fingerprint density at radius 3 is 2.33 bits per heavy atom. The highest BCUT2D eigenvalue weighted by molar-refractivity contribution is 7.90. The summed E-state index contributed by atoms with van der Waals surface area (Å²) >= 11 is 0. The van der Waals surface area contributed by atoms with Crippen LogP contribution in [0.5, 0.6) is 0 Å². The molecule has 0 aliphatic rings. The van der Waals surface area contributed by atoms with E-state index in [2.05, 4.69) is 5.32 Å². The molecule has 6 heteroatoms. The predicted molar refractivity (Wildman–Crippen MR) is 68.1 cm³/mol. The molecule has 0 saturated heterocycles. The fourth-order valence-corrected chi connectivity index (χ4v) is 2.11. The molecule has 2 N–H and O–H groups in total. The Bertz CT molecular complexity index is 507. The molecule has 0 saturated carbocycles. The smallest absolute Gasteiger partial charge is 0.304 e. The number of carbonyl (C=O) groups is 1. The standard InChI is InChI=1S/C12H17NO4S/c1-9(7-12(14)15)13-8-10-3-5-11(6-4-10)18(2,16)17/h3-6,9,13H,7-8H2,1-2H3,(H,14,15). The van der Waals surface area contributed by atoms with Crippen molar-refractivity contribution in [1.82, 2.24) is 5.32 Å². The molecule has 0 radical (unpaired) electrons. The second-order valence-corrected chi connectivity index (χ2v) is 6.31. The zero-order valence-corrected chi connectivity index (χ0v) is 11.2. The van der Waals surface area contributed by atoms with Gasteiger partial charge in [-0.2, -0.15) is 0 Å². The molecule has 0 heterocycles. The van der Waals surface area contributed by atoms with Gasteiger partial charge in [0.1, 0.15) is 0 Å². The Labute approximate surface area is 107 Å². The van der Waals surface area contributed by atoms with Crippen molar-refractivity contribution in [3.8, 4) is 0 Å². The van der Waals surface area contributed by atoms with E-state index in [1.807, 2.05) is 0 Å². The largest absolute Gasteiger partial charge is 0.481 e. The van der Waals surface area contributed by atoms with Crippen molar-refractivity contribution < 1.29 is 18.3 Å². The third kappa shape index (κ3) is 4.85. The van der Waals surface area contributed by atoms with Crippen LogP contribution in [0.2, 0.25) is 0 Å². The molecule has 100 valence electrons. The number of rotatable bonds is 6. The molecule has 1 rings (SSSR count). The summed E-state index contributed by atoms with van der Waals surface area (Å²) < 4.78 is 22.5. The maximum atomic E-state index is 11.3. The van der Waals surface area contributed by atoms with Gasteiger partial charge < -0.3 is 10.4 Å². The summed E-state index contributed by atoms with van der Waals surface area (Å²) in [6, 6.07) is 6.41. The maximum Gasteiger partial charge on any atom is 0.304 e. The lowest BCUT2D eigenvalue weighted by atomic mass is 10.2. The van der Waals surface area contributed by atoms with E-state index in [9.17, 15) is 13.2 Å². The average Bonchev–Trinajstić information content (AvgIpc) is 2.25. The van der Waals surface area contributed by atoms with Crippen molar-refractivity contribution in [2.45, 2.75) is 30.8 Å². The van der Waals surface area contributed by atoms with Crippen molar-refractivity contribution in [1.29, 1.82) is 0 Å². The van der Waals surface area contributed by atoms with Gasteiger partial charge in [-0.1, -0.05) is 12.1 Å². The third-order valence-corrected chi connectivity index (χ3v) is 3.62. The first-order chi connectivity index (χ1) is 8.29. The van der Waals surface area contributed by atoms with Crippen molar-refractivity contribution in [2.24, 2.45) is 0 Å². The normalized spacial score (nSPS) is 13.2. The first kappa shape index (κ1) is 14.7. The summed E-state index contributed by atoms with van der Waals surface area (Å²) in [5, 5.41) is 11.7. The van der Waals surface area contributed by atoms with Gasteiger partial charge >= 0.3 is 5.97 Å². The molecule has 0 spiro atoms. The van der Waals surface area contributed by atoms with E-state index in [0.717, 1.165) is 11.8 Å². The van der Waals surface area contributed by atoms with E-state index < -0.39 is 15.8 Å². The molecular formula is C12H17NO4S. The van der Waals surface area contributed by atoms with Crippen LogP contribution in [-0.4, -0.2) is 31.8 Å². The number of carboxylic acids is 1. The van der Waals surface area contributed by atoms with Crippen LogP contribution in [0.25, 0.3) is 0 Å². The summed E-state index contributed by atoms with van der Waals surface area (Å²) in [5.41, 5.74) is 0.916. The van der Waals surface area contributed by atoms with Crippen LogP contribution >= 0.6 is 0 Å². The molecule has 0 aliphatic heterocycles. The topological polar surface area (TPSA) is 83.5 Å². The van der Waals surface area contributed by atoms with E-state index in [4.69, 9.17) is 5.11 Å². The SMILES string of the molecule is CC(CC(=O)O)NCc1ccc(S(C)(=O)=O)cc1. The monoisotopic (exact) mass is 271 g/mol. The first-order valence-electron chi connectivity index (χ1n) is 5.53. The van der Waals surface area contributed by atoms with Crippen LogP contribution in [0.1, 0.15) is 18.9 Å². The Balaban J connectivity index is 2.57. The fraction of sp³-hybridized carbons (Fsp3) is 0.417. The van der Waals surface area contributed by atoms with E-state index >= 15 is 0 Å². The molecule has 0 aliphatic carbocycles. The van der Waals surface area contributed by atoms with Crippen LogP contribution in [0, 0.1) is 0 Å². The summed E-state index contributed by atoms with van der Waals surface area (Å²) in [6.07, 6.45) is 1.22. The van der Waals surface area contributed by atoms with Gasteiger partial charge in [-0.3, -0.25) is 4.79 Å². The summed E-state index contributed by atoms with van der Waals surface area (Å²) in [5.74, 6) is -0.845. The lowest BCUT2D eigenvalue weighted by Gasteiger charge is -2.11. The summed E-state index contributed by atoms with van der Waals surface area (Å²) in [4.78, 5) is 10.8. The number of benzene rings is 1. The minimum atomic E-state index is -3.16. The maximum absolute atomic E-state index is 11.3. The molecule has 1 aromatic carbocycles. The highest BCUT2D eigenvalue weighted by Crippen LogP contribution is 2.10. The van der Waals surface area contributed by atoms with Crippen LogP contribution in [0.3, 0.4) is 0 Å². The number of hydrogen-bond donors (Lipinski definition) is 2. The van der Waals surface area contributed by atoms with Gasteiger partial charge in [0.05, 0.1) is 11.3 Å². The van der Waals surface area contributed by atoms with E-state index in [1.165, 1.54) is 0 Å². The molecule has 1 unspecified atom stereocenters. The lowest BCUT2D eigenvalue weighted by molar-refractivity contribution is -0.137. The molecule has 1 atom stereocenters. The number of aliphatic carboxylic acids is 1. The van der Waals surface area contributed by atoms with Gasteiger partial charge in [0.25, 0.3) is 0 Å². The number of hydrogen-bond acceptors (Lipinski definition) is 4. The van der Waals surface area contributed by atoms with Crippen LogP contribution in [-0.2, 0) is 21.2 Å². The van der Waals surface area contributed by atoms with Gasteiger partial charge in [-0.05, 0) is 24.6 Å². The zero-order chi connectivity index (χ0) is 13.8. The average molecular weight is 271 g/mol. The molecule has 0 bridgehead atoms. The molecule has 5 nitrogen and oxygen atoms in total.